The summed E-state index contributed by atoms with van der Waals surface area (Å²) in [5.74, 6) is 0.621. The average Bonchev–Trinajstić information content (AvgIpc) is 2.97. The van der Waals surface area contributed by atoms with Crippen molar-refractivity contribution in [3.05, 3.63) is 47.6 Å². The molecule has 2 heterocycles. The van der Waals surface area contributed by atoms with Gasteiger partial charge in [-0.3, -0.25) is 0 Å². The van der Waals surface area contributed by atoms with E-state index < -0.39 is 0 Å². The zero-order valence-electron chi connectivity index (χ0n) is 9.87. The fraction of sp³-hybridized carbons (Fsp3) is 0.0769. The molecule has 2 N–H and O–H groups in total. The highest BCUT2D eigenvalue weighted by Gasteiger charge is 2.13. The van der Waals surface area contributed by atoms with Gasteiger partial charge in [0.05, 0.1) is 17.4 Å². The van der Waals surface area contributed by atoms with Crippen molar-refractivity contribution in [2.45, 2.75) is 6.92 Å². The molecule has 2 aromatic heterocycles. The molecule has 1 aromatic carbocycles. The highest BCUT2D eigenvalue weighted by atomic mass is 32.1. The van der Waals surface area contributed by atoms with Crippen molar-refractivity contribution in [2.24, 2.45) is 0 Å². The highest BCUT2D eigenvalue weighted by Crippen LogP contribution is 2.29. The molecule has 3 rings (SSSR count). The summed E-state index contributed by atoms with van der Waals surface area (Å²) in [6.07, 6.45) is 1.76. The molecule has 90 valence electrons. The number of thiazole rings is 1. The maximum absolute atomic E-state index is 6.14. The molecule has 0 radical (unpaired) electrons. The Labute approximate surface area is 109 Å². The van der Waals surface area contributed by atoms with Gasteiger partial charge in [0.25, 0.3) is 0 Å². The van der Waals surface area contributed by atoms with Crippen molar-refractivity contribution in [1.82, 2.24) is 14.8 Å². The molecule has 18 heavy (non-hydrogen) atoms. The fourth-order valence-corrected chi connectivity index (χ4v) is 2.59. The molecule has 0 amide bonds. The lowest BCUT2D eigenvalue weighted by Crippen LogP contribution is -2.01. The van der Waals surface area contributed by atoms with Gasteiger partial charge in [0.1, 0.15) is 10.8 Å². The summed E-state index contributed by atoms with van der Waals surface area (Å²) >= 11 is 1.58. The fourth-order valence-electron chi connectivity index (χ4n) is 1.78. The van der Waals surface area contributed by atoms with Gasteiger partial charge in [0.15, 0.2) is 0 Å². The standard InChI is InChI=1S/C13H12N4S/c1-9-8-18-13(16-9)11-7-15-17(12(11)14)10-5-3-2-4-6-10/h2-8H,14H2,1H3. The first kappa shape index (κ1) is 11.0. The molecular weight excluding hydrogens is 244 g/mol. The lowest BCUT2D eigenvalue weighted by Gasteiger charge is -2.03. The first-order chi connectivity index (χ1) is 8.75. The number of anilines is 1. The zero-order valence-corrected chi connectivity index (χ0v) is 10.7. The summed E-state index contributed by atoms with van der Waals surface area (Å²) in [5, 5.41) is 7.25. The smallest absolute Gasteiger partial charge is 0.137 e. The minimum absolute atomic E-state index is 0.621. The molecule has 0 spiro atoms. The van der Waals surface area contributed by atoms with Crippen LogP contribution in [0.1, 0.15) is 5.69 Å². The number of para-hydroxylation sites is 1. The molecule has 0 atom stereocenters. The third-order valence-electron chi connectivity index (χ3n) is 2.66. The topological polar surface area (TPSA) is 56.7 Å². The third kappa shape index (κ3) is 1.78. The van der Waals surface area contributed by atoms with Gasteiger partial charge < -0.3 is 5.73 Å². The van der Waals surface area contributed by atoms with Gasteiger partial charge >= 0.3 is 0 Å². The predicted molar refractivity (Wildman–Crippen MR) is 73.8 cm³/mol. The SMILES string of the molecule is Cc1csc(-c2cnn(-c3ccccc3)c2N)n1. The Morgan fingerprint density at radius 3 is 2.67 bits per heavy atom. The molecule has 0 fully saturated rings. The summed E-state index contributed by atoms with van der Waals surface area (Å²) in [6.45, 7) is 1.97. The number of hydrogen-bond acceptors (Lipinski definition) is 4. The molecule has 0 aliphatic carbocycles. The quantitative estimate of drug-likeness (QED) is 0.767. The van der Waals surface area contributed by atoms with E-state index in [0.717, 1.165) is 22.0 Å². The average molecular weight is 256 g/mol. The summed E-state index contributed by atoms with van der Waals surface area (Å²) in [7, 11) is 0. The van der Waals surface area contributed by atoms with Crippen LogP contribution < -0.4 is 5.73 Å². The van der Waals surface area contributed by atoms with E-state index in [1.165, 1.54) is 0 Å². The largest absolute Gasteiger partial charge is 0.383 e. The van der Waals surface area contributed by atoms with Gasteiger partial charge in [-0.15, -0.1) is 11.3 Å². The summed E-state index contributed by atoms with van der Waals surface area (Å²) < 4.78 is 1.73. The molecule has 0 unspecified atom stereocenters. The number of aryl methyl sites for hydroxylation is 1. The summed E-state index contributed by atoms with van der Waals surface area (Å²) in [4.78, 5) is 4.43. The van der Waals surface area contributed by atoms with Gasteiger partial charge in [-0.25, -0.2) is 9.67 Å². The predicted octanol–water partition coefficient (Wildman–Crippen LogP) is 2.89. The molecule has 0 bridgehead atoms. The maximum Gasteiger partial charge on any atom is 0.137 e. The number of benzene rings is 1. The second kappa shape index (κ2) is 4.27. The summed E-state index contributed by atoms with van der Waals surface area (Å²) in [5.41, 5.74) is 8.98. The van der Waals surface area contributed by atoms with Crippen LogP contribution in [-0.2, 0) is 0 Å². The molecule has 0 aliphatic heterocycles. The van der Waals surface area contributed by atoms with E-state index in [2.05, 4.69) is 10.1 Å². The summed E-state index contributed by atoms with van der Waals surface area (Å²) in [6, 6.07) is 9.84. The monoisotopic (exact) mass is 256 g/mol. The van der Waals surface area contributed by atoms with Gasteiger partial charge in [-0.2, -0.15) is 5.10 Å². The van der Waals surface area contributed by atoms with Gasteiger partial charge in [0, 0.05) is 11.1 Å². The van der Waals surface area contributed by atoms with Gasteiger partial charge in [-0.05, 0) is 19.1 Å². The maximum atomic E-state index is 6.14. The van der Waals surface area contributed by atoms with E-state index >= 15 is 0 Å². The van der Waals surface area contributed by atoms with E-state index in [1.54, 1.807) is 22.2 Å². The highest BCUT2D eigenvalue weighted by molar-refractivity contribution is 7.13. The van der Waals surface area contributed by atoms with Crippen molar-refractivity contribution in [3.8, 4) is 16.3 Å². The Kier molecular flexibility index (Phi) is 2.60. The first-order valence-electron chi connectivity index (χ1n) is 5.57. The Bertz CT molecular complexity index is 669. The number of hydrogen-bond donors (Lipinski definition) is 1. The second-order valence-corrected chi connectivity index (χ2v) is 4.84. The molecule has 4 nitrogen and oxygen atoms in total. The van der Waals surface area contributed by atoms with E-state index in [1.807, 2.05) is 42.6 Å². The van der Waals surface area contributed by atoms with E-state index in [-0.39, 0.29) is 0 Å². The number of nitrogen functional groups attached to an aromatic ring is 1. The minimum Gasteiger partial charge on any atom is -0.383 e. The second-order valence-electron chi connectivity index (χ2n) is 3.98. The van der Waals surface area contributed by atoms with E-state index in [9.17, 15) is 0 Å². The number of aromatic nitrogens is 3. The Hall–Kier alpha value is -2.14. The molecule has 0 aliphatic rings. The van der Waals surface area contributed by atoms with E-state index in [0.29, 0.717) is 5.82 Å². The zero-order chi connectivity index (χ0) is 12.5. The number of nitrogens with two attached hydrogens (primary N) is 1. The van der Waals surface area contributed by atoms with Crippen LogP contribution in [0.25, 0.3) is 16.3 Å². The van der Waals surface area contributed by atoms with E-state index in [4.69, 9.17) is 5.73 Å². The van der Waals surface area contributed by atoms with Crippen LogP contribution >= 0.6 is 11.3 Å². The minimum atomic E-state index is 0.621. The normalized spacial score (nSPS) is 10.7. The first-order valence-corrected chi connectivity index (χ1v) is 6.45. The Morgan fingerprint density at radius 1 is 1.22 bits per heavy atom. The van der Waals surface area contributed by atoms with Crippen molar-refractivity contribution in [1.29, 1.82) is 0 Å². The van der Waals surface area contributed by atoms with Crippen LogP contribution in [0.15, 0.2) is 41.9 Å². The van der Waals surface area contributed by atoms with Crippen molar-refractivity contribution >= 4 is 17.2 Å². The van der Waals surface area contributed by atoms with Crippen LogP contribution in [0, 0.1) is 6.92 Å². The van der Waals surface area contributed by atoms with Crippen molar-refractivity contribution in [3.63, 3.8) is 0 Å². The molecule has 0 saturated heterocycles. The Balaban J connectivity index is 2.08. The lowest BCUT2D eigenvalue weighted by atomic mass is 10.3. The van der Waals surface area contributed by atoms with Crippen LogP contribution in [-0.4, -0.2) is 14.8 Å². The molecule has 3 aromatic rings. The third-order valence-corrected chi connectivity index (χ3v) is 3.65. The Morgan fingerprint density at radius 2 is 2.00 bits per heavy atom. The lowest BCUT2D eigenvalue weighted by molar-refractivity contribution is 0.891. The number of rotatable bonds is 2. The van der Waals surface area contributed by atoms with Gasteiger partial charge in [-0.1, -0.05) is 18.2 Å². The molecular formula is C13H12N4S. The van der Waals surface area contributed by atoms with Gasteiger partial charge in [0.2, 0.25) is 0 Å². The van der Waals surface area contributed by atoms with Crippen LogP contribution in [0.4, 0.5) is 5.82 Å². The van der Waals surface area contributed by atoms with Crippen molar-refractivity contribution in [2.75, 3.05) is 5.73 Å². The van der Waals surface area contributed by atoms with Crippen LogP contribution in [0.5, 0.6) is 0 Å². The van der Waals surface area contributed by atoms with Crippen LogP contribution in [0.2, 0.25) is 0 Å². The van der Waals surface area contributed by atoms with Crippen LogP contribution in [0.3, 0.4) is 0 Å². The number of nitrogens with zero attached hydrogens (tertiary/aromatic N) is 3. The molecule has 5 heteroatoms. The molecule has 0 saturated carbocycles. The van der Waals surface area contributed by atoms with Crippen molar-refractivity contribution < 1.29 is 0 Å².